The molecule has 6 aromatic rings. The second kappa shape index (κ2) is 30.0. The molecule has 0 aromatic heterocycles. The molecule has 0 nitrogen and oxygen atoms in total. The van der Waals surface area contributed by atoms with E-state index in [2.05, 4.69) is 242 Å². The molecule has 0 fully saturated rings. The van der Waals surface area contributed by atoms with Crippen molar-refractivity contribution in [2.75, 3.05) is 0 Å². The van der Waals surface area contributed by atoms with E-state index in [4.69, 9.17) is 0 Å². The third-order valence-corrected chi connectivity index (χ3v) is 13.7. The first-order valence-electron chi connectivity index (χ1n) is 27.3. The molecule has 0 radical (unpaired) electrons. The van der Waals surface area contributed by atoms with E-state index >= 15 is 0 Å². The Morgan fingerprint density at radius 3 is 1.09 bits per heavy atom. The monoisotopic (exact) mass is 1010 g/mol. The molecular formula is C71H103F3. The summed E-state index contributed by atoms with van der Waals surface area (Å²) in [6, 6.07) is 40.9. The average molecular weight is 1010 g/mol. The van der Waals surface area contributed by atoms with Crippen LogP contribution in [0.3, 0.4) is 0 Å². The van der Waals surface area contributed by atoms with Gasteiger partial charge in [0.15, 0.2) is 0 Å². The second-order valence-corrected chi connectivity index (χ2v) is 25.2. The van der Waals surface area contributed by atoms with E-state index in [0.29, 0.717) is 17.3 Å². The van der Waals surface area contributed by atoms with Gasteiger partial charge in [0.05, 0.1) is 5.41 Å². The first kappa shape index (κ1) is 67.1. The van der Waals surface area contributed by atoms with Gasteiger partial charge in [0.1, 0.15) is 0 Å². The zero-order valence-corrected chi connectivity index (χ0v) is 51.5. The predicted molar refractivity (Wildman–Crippen MR) is 323 cm³/mol. The molecule has 74 heavy (non-hydrogen) atoms. The third kappa shape index (κ3) is 25.1. The van der Waals surface area contributed by atoms with E-state index in [-0.39, 0.29) is 11.8 Å². The molecule has 6 rings (SSSR count). The zero-order valence-electron chi connectivity index (χ0n) is 51.5. The summed E-state index contributed by atoms with van der Waals surface area (Å²) in [4.78, 5) is 0. The van der Waals surface area contributed by atoms with Gasteiger partial charge in [0, 0.05) is 0 Å². The van der Waals surface area contributed by atoms with Crippen LogP contribution >= 0.6 is 0 Å². The number of benzene rings is 6. The lowest BCUT2D eigenvalue weighted by molar-refractivity contribution is -0.211. The van der Waals surface area contributed by atoms with Crippen molar-refractivity contribution in [1.82, 2.24) is 0 Å². The molecule has 0 atom stereocenters. The highest BCUT2D eigenvalue weighted by molar-refractivity contribution is 5.35. The molecule has 6 aromatic carbocycles. The van der Waals surface area contributed by atoms with Gasteiger partial charge >= 0.3 is 6.18 Å². The number of rotatable bonds is 7. The van der Waals surface area contributed by atoms with Crippen LogP contribution < -0.4 is 0 Å². The molecule has 3 heteroatoms. The minimum absolute atomic E-state index is 0.0254. The molecule has 0 aliphatic heterocycles. The summed E-state index contributed by atoms with van der Waals surface area (Å²) >= 11 is 0. The van der Waals surface area contributed by atoms with E-state index in [0.717, 1.165) is 29.0 Å². The van der Waals surface area contributed by atoms with Crippen molar-refractivity contribution in [2.45, 2.75) is 216 Å². The number of hydrogen-bond acceptors (Lipinski definition) is 0. The largest absolute Gasteiger partial charge is 0.394 e. The van der Waals surface area contributed by atoms with Gasteiger partial charge in [-0.25, -0.2) is 0 Å². The minimum Gasteiger partial charge on any atom is -0.171 e. The molecule has 0 heterocycles. The Kier molecular flexibility index (Phi) is 27.2. The molecular weight excluding hydrogens is 910 g/mol. The van der Waals surface area contributed by atoms with E-state index < -0.39 is 11.6 Å². The van der Waals surface area contributed by atoms with Crippen LogP contribution in [0.5, 0.6) is 0 Å². The summed E-state index contributed by atoms with van der Waals surface area (Å²) < 4.78 is 38.1. The first-order valence-corrected chi connectivity index (χ1v) is 27.3. The van der Waals surface area contributed by atoms with Crippen molar-refractivity contribution in [3.63, 3.8) is 0 Å². The maximum atomic E-state index is 12.7. The SMILES string of the molecule is Cc1ccc(C(C)(C)C)cc1C.Cc1ccc(C)c(C(C)C)c1.Cc1ccc(CC(C)(C)C(F)(F)F)cc1C.Cc1ccc(CC(C)(C)C)cc1C.Cc1ccc(CC(C)C)cc1C.Cc1ccccc1C(C)C. The summed E-state index contributed by atoms with van der Waals surface area (Å²) in [5, 5.41) is 0. The van der Waals surface area contributed by atoms with Crippen molar-refractivity contribution >= 4 is 0 Å². The van der Waals surface area contributed by atoms with Crippen molar-refractivity contribution in [3.8, 4) is 0 Å². The lowest BCUT2D eigenvalue weighted by Crippen LogP contribution is -2.34. The molecule has 0 saturated heterocycles. The Morgan fingerprint density at radius 2 is 0.743 bits per heavy atom. The van der Waals surface area contributed by atoms with Crippen LogP contribution in [-0.4, -0.2) is 6.18 Å². The fraction of sp³-hybridized carbons (Fsp3) is 0.493. The van der Waals surface area contributed by atoms with Gasteiger partial charge < -0.3 is 0 Å². The van der Waals surface area contributed by atoms with Crippen molar-refractivity contribution in [3.05, 3.63) is 210 Å². The van der Waals surface area contributed by atoms with Crippen LogP contribution in [0.15, 0.2) is 115 Å². The van der Waals surface area contributed by atoms with Crippen LogP contribution in [-0.2, 0) is 24.7 Å². The standard InChI is InChI=1S/C13H17F3.C13H20.2C12H18.C11H16.C10H14/c1-9-5-6-11(7-10(9)2)8-12(3,4)13(14,15)16;1-10-6-7-12(8-11(10)2)9-13(3,4)5;1-9-6-7-11(8-10(9)2)12(3,4)5;1-9(2)7-12-6-5-10(3)11(4)8-12;1-8(2)11-7-9(3)5-6-10(11)4;1-8(2)10-7-5-4-6-9(10)3/h5-7H,8H2,1-4H3;6-8H,9H2,1-5H3;6-8H,1-5H3;5-6,8-9H,7H2,1-4H3;5-8H,1-4H3;4-8H,1-3H3. The summed E-state index contributed by atoms with van der Waals surface area (Å²) in [6.07, 6.45) is -1.78. The molecule has 0 unspecified atom stereocenters. The molecule has 0 N–H and O–H groups in total. The number of aryl methyl sites for hydroxylation is 11. The molecule has 0 amide bonds. The van der Waals surface area contributed by atoms with E-state index in [1.165, 1.54) is 98.2 Å². The van der Waals surface area contributed by atoms with Crippen LogP contribution in [0.25, 0.3) is 0 Å². The fourth-order valence-electron chi connectivity index (χ4n) is 8.28. The topological polar surface area (TPSA) is 0 Å². The van der Waals surface area contributed by atoms with Crippen molar-refractivity contribution < 1.29 is 13.2 Å². The molecule has 0 spiro atoms. The highest BCUT2D eigenvalue weighted by Crippen LogP contribution is 2.40. The maximum Gasteiger partial charge on any atom is 0.394 e. The molecule has 408 valence electrons. The van der Waals surface area contributed by atoms with E-state index in [9.17, 15) is 13.2 Å². The van der Waals surface area contributed by atoms with Crippen LogP contribution in [0.1, 0.15) is 203 Å². The van der Waals surface area contributed by atoms with Crippen LogP contribution in [0.4, 0.5) is 13.2 Å². The fourth-order valence-corrected chi connectivity index (χ4v) is 8.28. The average Bonchev–Trinajstić information content (AvgIpc) is 3.26. The van der Waals surface area contributed by atoms with Crippen molar-refractivity contribution in [1.29, 1.82) is 0 Å². The van der Waals surface area contributed by atoms with Gasteiger partial charge in [-0.15, -0.1) is 0 Å². The van der Waals surface area contributed by atoms with Gasteiger partial charge in [0.25, 0.3) is 0 Å². The summed E-state index contributed by atoms with van der Waals surface area (Å²) in [5.74, 6) is 2.06. The zero-order chi connectivity index (χ0) is 57.1. The Morgan fingerprint density at radius 1 is 0.365 bits per heavy atom. The number of halogens is 3. The van der Waals surface area contributed by atoms with Crippen LogP contribution in [0.2, 0.25) is 0 Å². The highest BCUT2D eigenvalue weighted by Gasteiger charge is 2.47. The van der Waals surface area contributed by atoms with E-state index in [1.807, 2.05) is 26.0 Å². The normalized spacial score (nSPS) is 11.5. The van der Waals surface area contributed by atoms with Crippen LogP contribution in [0, 0.1) is 92.9 Å². The second-order valence-electron chi connectivity index (χ2n) is 25.2. The third-order valence-electron chi connectivity index (χ3n) is 13.7. The number of hydrogen-bond donors (Lipinski definition) is 0. The van der Waals surface area contributed by atoms with E-state index in [1.54, 1.807) is 6.07 Å². The minimum atomic E-state index is -4.16. The Labute approximate surface area is 453 Å². The number of alkyl halides is 3. The molecule has 0 bridgehead atoms. The smallest absolute Gasteiger partial charge is 0.171 e. The molecule has 0 aliphatic rings. The summed E-state index contributed by atoms with van der Waals surface area (Å²) in [6.45, 7) is 52.9. The lowest BCUT2D eigenvalue weighted by atomic mass is 9.84. The molecule has 0 saturated carbocycles. The highest BCUT2D eigenvalue weighted by atomic mass is 19.4. The predicted octanol–water partition coefficient (Wildman–Crippen LogP) is 22.0. The van der Waals surface area contributed by atoms with Crippen molar-refractivity contribution in [2.24, 2.45) is 16.7 Å². The van der Waals surface area contributed by atoms with Gasteiger partial charge in [0.2, 0.25) is 0 Å². The Balaban J connectivity index is 0.000000447. The summed E-state index contributed by atoms with van der Waals surface area (Å²) in [7, 11) is 0. The Hall–Kier alpha value is -4.89. The van der Waals surface area contributed by atoms with Gasteiger partial charge in [-0.3, -0.25) is 0 Å². The van der Waals surface area contributed by atoms with Gasteiger partial charge in [-0.1, -0.05) is 218 Å². The summed E-state index contributed by atoms with van der Waals surface area (Å²) in [5.41, 5.74) is 21.7. The molecule has 0 aliphatic carbocycles. The lowest BCUT2D eigenvalue weighted by Gasteiger charge is -2.27. The van der Waals surface area contributed by atoms with Gasteiger partial charge in [-0.2, -0.15) is 13.2 Å². The maximum absolute atomic E-state index is 12.7. The van der Waals surface area contributed by atoms with Gasteiger partial charge in [-0.05, 0) is 213 Å². The quantitative estimate of drug-likeness (QED) is 0.149. The Bertz CT molecular complexity index is 2600. The first-order chi connectivity index (χ1) is 33.8.